The van der Waals surface area contributed by atoms with E-state index in [0.717, 1.165) is 28.3 Å². The molecule has 3 aromatic rings. The number of ether oxygens (including phenoxy) is 1. The Morgan fingerprint density at radius 2 is 1.73 bits per heavy atom. The fraction of sp³-hybridized carbons (Fsp3) is 0.174. The van der Waals surface area contributed by atoms with Gasteiger partial charge in [0.1, 0.15) is 10.9 Å². The van der Waals surface area contributed by atoms with Crippen LogP contribution in [0.15, 0.2) is 65.8 Å². The van der Waals surface area contributed by atoms with Gasteiger partial charge >= 0.3 is 0 Å². The van der Waals surface area contributed by atoms with E-state index in [1.807, 2.05) is 55.5 Å². The molecule has 1 aliphatic rings. The SMILES string of the molecule is COc1ccc(C2=NN(C(=O)c3ccc(C)nc3Cl)C(c3ccc(Cl)cc3)C2)cc1. The van der Waals surface area contributed by atoms with Gasteiger partial charge < -0.3 is 4.74 Å². The Kier molecular flexibility index (Phi) is 5.75. The molecule has 0 bridgehead atoms. The highest BCUT2D eigenvalue weighted by molar-refractivity contribution is 6.32. The van der Waals surface area contributed by atoms with Gasteiger partial charge in [0.25, 0.3) is 5.91 Å². The van der Waals surface area contributed by atoms with Gasteiger partial charge in [-0.2, -0.15) is 5.10 Å². The summed E-state index contributed by atoms with van der Waals surface area (Å²) in [6.07, 6.45) is 0.566. The number of hydrogen-bond donors (Lipinski definition) is 0. The first-order valence-electron chi connectivity index (χ1n) is 9.40. The van der Waals surface area contributed by atoms with Crippen LogP contribution in [0.1, 0.15) is 39.6 Å². The number of carbonyl (C=O) groups is 1. The number of rotatable bonds is 4. The molecule has 1 atom stereocenters. The van der Waals surface area contributed by atoms with Crippen molar-refractivity contribution in [1.82, 2.24) is 9.99 Å². The van der Waals surface area contributed by atoms with Crippen LogP contribution in [-0.2, 0) is 0 Å². The zero-order chi connectivity index (χ0) is 21.3. The maximum Gasteiger partial charge on any atom is 0.277 e. The van der Waals surface area contributed by atoms with Gasteiger partial charge in [-0.3, -0.25) is 4.79 Å². The van der Waals surface area contributed by atoms with Crippen molar-refractivity contribution in [2.24, 2.45) is 5.10 Å². The van der Waals surface area contributed by atoms with E-state index in [9.17, 15) is 4.79 Å². The Morgan fingerprint density at radius 1 is 1.03 bits per heavy atom. The van der Waals surface area contributed by atoms with Crippen molar-refractivity contribution in [3.63, 3.8) is 0 Å². The topological polar surface area (TPSA) is 54.8 Å². The third kappa shape index (κ3) is 4.04. The minimum atomic E-state index is -0.295. The van der Waals surface area contributed by atoms with Gasteiger partial charge in [-0.15, -0.1) is 0 Å². The van der Waals surface area contributed by atoms with Crippen molar-refractivity contribution in [2.45, 2.75) is 19.4 Å². The molecule has 0 saturated carbocycles. The second-order valence-electron chi connectivity index (χ2n) is 6.99. The minimum Gasteiger partial charge on any atom is -0.497 e. The smallest absolute Gasteiger partial charge is 0.277 e. The first-order valence-corrected chi connectivity index (χ1v) is 10.2. The number of pyridine rings is 1. The molecule has 1 unspecified atom stereocenters. The Balaban J connectivity index is 1.73. The number of methoxy groups -OCH3 is 1. The number of hydrazone groups is 1. The normalized spacial score (nSPS) is 15.8. The quantitative estimate of drug-likeness (QED) is 0.490. The van der Waals surface area contributed by atoms with Crippen LogP contribution in [0.3, 0.4) is 0 Å². The van der Waals surface area contributed by atoms with Gasteiger partial charge in [0.15, 0.2) is 0 Å². The molecule has 1 aromatic heterocycles. The van der Waals surface area contributed by atoms with E-state index >= 15 is 0 Å². The van der Waals surface area contributed by atoms with Gasteiger partial charge in [0, 0.05) is 17.1 Å². The number of nitrogens with zero attached hydrogens (tertiary/aromatic N) is 3. The van der Waals surface area contributed by atoms with E-state index in [1.165, 1.54) is 5.01 Å². The molecular weight excluding hydrogens is 421 g/mol. The van der Waals surface area contributed by atoms with Gasteiger partial charge in [-0.25, -0.2) is 9.99 Å². The van der Waals surface area contributed by atoms with Crippen LogP contribution in [0.5, 0.6) is 5.75 Å². The molecule has 5 nitrogen and oxygen atoms in total. The number of aryl methyl sites for hydroxylation is 1. The molecule has 0 N–H and O–H groups in total. The number of amides is 1. The summed E-state index contributed by atoms with van der Waals surface area (Å²) in [5.41, 5.74) is 3.74. The highest BCUT2D eigenvalue weighted by atomic mass is 35.5. The van der Waals surface area contributed by atoms with Crippen LogP contribution in [0.4, 0.5) is 0 Å². The summed E-state index contributed by atoms with van der Waals surface area (Å²) in [7, 11) is 1.62. The Morgan fingerprint density at radius 3 is 2.37 bits per heavy atom. The van der Waals surface area contributed by atoms with Gasteiger partial charge in [-0.05, 0) is 66.6 Å². The lowest BCUT2D eigenvalue weighted by Crippen LogP contribution is -2.27. The van der Waals surface area contributed by atoms with Crippen LogP contribution >= 0.6 is 23.2 Å². The Hall–Kier alpha value is -2.89. The summed E-state index contributed by atoms with van der Waals surface area (Å²) < 4.78 is 5.23. The molecule has 2 aromatic carbocycles. The third-order valence-corrected chi connectivity index (χ3v) is 5.55. The zero-order valence-electron chi connectivity index (χ0n) is 16.5. The largest absolute Gasteiger partial charge is 0.497 e. The number of halogens is 2. The Labute approximate surface area is 184 Å². The van der Waals surface area contributed by atoms with Gasteiger partial charge in [0.05, 0.1) is 24.4 Å². The minimum absolute atomic E-state index is 0.169. The summed E-state index contributed by atoms with van der Waals surface area (Å²) in [4.78, 5) is 17.6. The lowest BCUT2D eigenvalue weighted by Gasteiger charge is -2.22. The molecule has 30 heavy (non-hydrogen) atoms. The predicted molar refractivity (Wildman–Crippen MR) is 118 cm³/mol. The van der Waals surface area contributed by atoms with Crippen molar-refractivity contribution >= 4 is 34.8 Å². The fourth-order valence-corrected chi connectivity index (χ4v) is 3.81. The molecule has 0 radical (unpaired) electrons. The standard InChI is InChI=1S/C23H19Cl2N3O2/c1-14-3-12-19(22(25)26-14)23(29)28-21(16-4-8-17(24)9-5-16)13-20(27-28)15-6-10-18(30-2)11-7-15/h3-12,21H,13H2,1-2H3. The molecule has 0 spiro atoms. The van der Waals surface area contributed by atoms with Crippen LogP contribution in [0, 0.1) is 6.92 Å². The van der Waals surface area contributed by atoms with E-state index in [2.05, 4.69) is 10.1 Å². The average molecular weight is 440 g/mol. The molecule has 1 amide bonds. The number of hydrogen-bond acceptors (Lipinski definition) is 4. The second kappa shape index (κ2) is 8.46. The van der Waals surface area contributed by atoms with E-state index < -0.39 is 0 Å². The first kappa shape index (κ1) is 20.4. The van der Waals surface area contributed by atoms with E-state index in [4.69, 9.17) is 27.9 Å². The molecule has 0 aliphatic carbocycles. The maximum absolute atomic E-state index is 13.4. The monoisotopic (exact) mass is 439 g/mol. The van der Waals surface area contributed by atoms with Crippen molar-refractivity contribution in [2.75, 3.05) is 7.11 Å². The van der Waals surface area contributed by atoms with Crippen molar-refractivity contribution < 1.29 is 9.53 Å². The highest BCUT2D eigenvalue weighted by Gasteiger charge is 2.34. The third-order valence-electron chi connectivity index (χ3n) is 5.01. The van der Waals surface area contributed by atoms with Crippen LogP contribution < -0.4 is 4.74 Å². The molecule has 2 heterocycles. The second-order valence-corrected chi connectivity index (χ2v) is 7.78. The van der Waals surface area contributed by atoms with E-state index in [1.54, 1.807) is 19.2 Å². The summed E-state index contributed by atoms with van der Waals surface area (Å²) in [5.74, 6) is 0.466. The lowest BCUT2D eigenvalue weighted by molar-refractivity contribution is 0.0711. The molecule has 4 rings (SSSR count). The maximum atomic E-state index is 13.4. The van der Waals surface area contributed by atoms with Crippen LogP contribution in [0.2, 0.25) is 10.2 Å². The summed E-state index contributed by atoms with van der Waals surface area (Å²) in [6.45, 7) is 1.83. The van der Waals surface area contributed by atoms with Crippen LogP contribution in [-0.4, -0.2) is 28.7 Å². The Bertz CT molecular complexity index is 1110. The molecule has 0 fully saturated rings. The lowest BCUT2D eigenvalue weighted by atomic mass is 9.98. The van der Waals surface area contributed by atoms with Crippen molar-refractivity contribution in [3.8, 4) is 5.75 Å². The van der Waals surface area contributed by atoms with Gasteiger partial charge in [0.2, 0.25) is 0 Å². The molecule has 152 valence electrons. The molecule has 7 heteroatoms. The molecular formula is C23H19Cl2N3O2. The van der Waals surface area contributed by atoms with Crippen molar-refractivity contribution in [3.05, 3.63) is 93.2 Å². The summed E-state index contributed by atoms with van der Waals surface area (Å²) >= 11 is 12.3. The van der Waals surface area contributed by atoms with Gasteiger partial charge in [-0.1, -0.05) is 35.3 Å². The van der Waals surface area contributed by atoms with Crippen molar-refractivity contribution in [1.29, 1.82) is 0 Å². The molecule has 0 saturated heterocycles. The molecule has 1 aliphatic heterocycles. The highest BCUT2D eigenvalue weighted by Crippen LogP contribution is 2.35. The number of benzene rings is 2. The number of aromatic nitrogens is 1. The van der Waals surface area contributed by atoms with E-state index in [0.29, 0.717) is 17.0 Å². The van der Waals surface area contributed by atoms with E-state index in [-0.39, 0.29) is 17.1 Å². The fourth-order valence-electron chi connectivity index (χ4n) is 3.41. The first-order chi connectivity index (χ1) is 14.5. The summed E-state index contributed by atoms with van der Waals surface area (Å²) in [6, 6.07) is 18.2. The number of carbonyl (C=O) groups excluding carboxylic acids is 1. The zero-order valence-corrected chi connectivity index (χ0v) is 18.0. The average Bonchev–Trinajstić information content (AvgIpc) is 3.19. The summed E-state index contributed by atoms with van der Waals surface area (Å²) in [5, 5.41) is 6.97. The van der Waals surface area contributed by atoms with Crippen LogP contribution in [0.25, 0.3) is 0 Å². The predicted octanol–water partition coefficient (Wildman–Crippen LogP) is 5.70.